The summed E-state index contributed by atoms with van der Waals surface area (Å²) in [6.07, 6.45) is 0.149. The lowest BCUT2D eigenvalue weighted by Crippen LogP contribution is -2.69. The molecule has 3 N–H and O–H groups in total. The molecule has 2 aliphatic heterocycles. The van der Waals surface area contributed by atoms with Gasteiger partial charge in [-0.25, -0.2) is 0 Å². The van der Waals surface area contributed by atoms with Crippen molar-refractivity contribution in [3.8, 4) is 0 Å². The Kier molecular flexibility index (Phi) is 5.94. The molecule has 2 fully saturated rings. The third-order valence-corrected chi connectivity index (χ3v) is 9.46. The zero-order valence-electron chi connectivity index (χ0n) is 16.4. The molecule has 1 aromatic rings. The number of nitrogens with two attached hydrogens (primary N) is 1. The van der Waals surface area contributed by atoms with Crippen LogP contribution in [0.1, 0.15) is 25.0 Å². The van der Waals surface area contributed by atoms with E-state index in [-0.39, 0.29) is 23.6 Å². The summed E-state index contributed by atoms with van der Waals surface area (Å²) in [4.78, 5) is 26.8. The molecule has 2 aliphatic rings. The number of hydrogen-bond acceptors (Lipinski definition) is 7. The van der Waals surface area contributed by atoms with Crippen molar-refractivity contribution in [2.45, 2.75) is 48.8 Å². The molecule has 154 valence electrons. The van der Waals surface area contributed by atoms with Crippen LogP contribution in [0, 0.1) is 0 Å². The molecule has 1 aromatic carbocycles. The lowest BCUT2D eigenvalue weighted by molar-refractivity contribution is -0.149. The molecule has 2 amide bonds. The van der Waals surface area contributed by atoms with E-state index >= 15 is 0 Å². The number of fused-ring (bicyclic) bond motifs is 1. The first-order valence-corrected chi connectivity index (χ1v) is 11.4. The molecule has 3 rings (SSSR count). The highest BCUT2D eigenvalue weighted by Crippen LogP contribution is 2.66. The van der Waals surface area contributed by atoms with Crippen LogP contribution in [0.2, 0.25) is 0 Å². The molecule has 2 unspecified atom stereocenters. The van der Waals surface area contributed by atoms with Gasteiger partial charge in [-0.15, -0.1) is 11.8 Å². The van der Waals surface area contributed by atoms with Gasteiger partial charge in [0, 0.05) is 25.5 Å². The van der Waals surface area contributed by atoms with Crippen LogP contribution in [0.4, 0.5) is 0 Å². The van der Waals surface area contributed by atoms with E-state index in [1.165, 1.54) is 30.9 Å². The van der Waals surface area contributed by atoms with Crippen LogP contribution >= 0.6 is 19.4 Å². The average Bonchev–Trinajstić information content (AvgIpc) is 2.94. The topological polar surface area (TPSA) is 111 Å². The molecular weight excluding hydrogens is 401 g/mol. The SMILES string of the molecule is COP(=O)(OC)C1N2C(=O)C(NC(=O)Cc3ccccc3CN)[C@@H]2SC1(C)C. The highest BCUT2D eigenvalue weighted by atomic mass is 32.2. The van der Waals surface area contributed by atoms with Gasteiger partial charge in [0.1, 0.15) is 17.2 Å². The van der Waals surface area contributed by atoms with E-state index in [0.29, 0.717) is 6.54 Å². The van der Waals surface area contributed by atoms with Crippen LogP contribution in [0.15, 0.2) is 24.3 Å². The summed E-state index contributed by atoms with van der Waals surface area (Å²) in [5.74, 6) is -1.23. The van der Waals surface area contributed by atoms with Crippen molar-refractivity contribution < 1.29 is 23.2 Å². The molecule has 3 atom stereocenters. The molecule has 2 heterocycles. The predicted octanol–water partition coefficient (Wildman–Crippen LogP) is 1.68. The fourth-order valence-electron chi connectivity index (χ4n) is 3.84. The van der Waals surface area contributed by atoms with E-state index < -0.39 is 24.2 Å². The van der Waals surface area contributed by atoms with Gasteiger partial charge < -0.3 is 25.0 Å². The molecule has 0 bridgehead atoms. The number of thioether (sulfide) groups is 1. The van der Waals surface area contributed by atoms with Crippen LogP contribution in [0.25, 0.3) is 0 Å². The molecule has 2 saturated heterocycles. The van der Waals surface area contributed by atoms with Crippen LogP contribution in [-0.2, 0) is 36.2 Å². The maximum absolute atomic E-state index is 13.0. The summed E-state index contributed by atoms with van der Waals surface area (Å²) in [5, 5.41) is 2.51. The van der Waals surface area contributed by atoms with Crippen molar-refractivity contribution >= 4 is 31.2 Å². The lowest BCUT2D eigenvalue weighted by atomic mass is 10.0. The number of amides is 2. The standard InChI is InChI=1S/C18H26N3O5PS/c1-18(2)17(27(24,25-3)26-4)21-15(23)14(16(21)28-18)20-13(22)9-11-7-5-6-8-12(11)10-19/h5-8,14,16-17H,9-10,19H2,1-4H3,(H,20,22)/t14?,16-,17?/m0/s1. The molecule has 10 heteroatoms. The Morgan fingerprint density at radius 3 is 2.46 bits per heavy atom. The van der Waals surface area contributed by atoms with Crippen LogP contribution in [-0.4, -0.2) is 52.9 Å². The molecule has 28 heavy (non-hydrogen) atoms. The fraction of sp³-hybridized carbons (Fsp3) is 0.556. The first-order chi connectivity index (χ1) is 13.2. The monoisotopic (exact) mass is 427 g/mol. The second kappa shape index (κ2) is 7.80. The Bertz CT molecular complexity index is 825. The van der Waals surface area contributed by atoms with Crippen molar-refractivity contribution in [2.24, 2.45) is 5.73 Å². The van der Waals surface area contributed by atoms with Crippen LogP contribution < -0.4 is 11.1 Å². The highest BCUT2D eigenvalue weighted by molar-refractivity contribution is 8.02. The normalized spacial score (nSPS) is 26.0. The molecule has 0 saturated carbocycles. The van der Waals surface area contributed by atoms with Gasteiger partial charge in [0.05, 0.1) is 6.42 Å². The lowest BCUT2D eigenvalue weighted by Gasteiger charge is -2.45. The molecular formula is C18H26N3O5PS. The maximum Gasteiger partial charge on any atom is 0.353 e. The van der Waals surface area contributed by atoms with Crippen molar-refractivity contribution in [3.05, 3.63) is 35.4 Å². The summed E-state index contributed by atoms with van der Waals surface area (Å²) in [5.41, 5.74) is 7.46. The number of hydrogen-bond donors (Lipinski definition) is 2. The molecule has 0 spiro atoms. The van der Waals surface area contributed by atoms with Gasteiger partial charge >= 0.3 is 7.60 Å². The number of carbonyl (C=O) groups excluding carboxylic acids is 2. The Balaban J connectivity index is 1.73. The minimum Gasteiger partial charge on any atom is -0.341 e. The number of β-lactam (4-membered cyclic amide) rings is 1. The van der Waals surface area contributed by atoms with Crippen molar-refractivity contribution in [2.75, 3.05) is 14.2 Å². The highest BCUT2D eigenvalue weighted by Gasteiger charge is 2.67. The Morgan fingerprint density at radius 2 is 1.89 bits per heavy atom. The van der Waals surface area contributed by atoms with Crippen LogP contribution in [0.3, 0.4) is 0 Å². The Hall–Kier alpha value is -1.38. The van der Waals surface area contributed by atoms with Gasteiger partial charge in [-0.05, 0) is 25.0 Å². The van der Waals surface area contributed by atoms with Gasteiger partial charge in [-0.1, -0.05) is 24.3 Å². The van der Waals surface area contributed by atoms with Crippen molar-refractivity contribution in [1.29, 1.82) is 0 Å². The number of carbonyl (C=O) groups is 2. The fourth-order valence-corrected chi connectivity index (χ4v) is 7.89. The van der Waals surface area contributed by atoms with Gasteiger partial charge in [-0.3, -0.25) is 14.2 Å². The Labute approximate surface area is 169 Å². The second-order valence-corrected chi connectivity index (χ2v) is 11.4. The zero-order valence-corrected chi connectivity index (χ0v) is 18.1. The minimum absolute atomic E-state index is 0.149. The Morgan fingerprint density at radius 1 is 1.29 bits per heavy atom. The van der Waals surface area contributed by atoms with Gasteiger partial charge in [0.2, 0.25) is 11.8 Å². The number of rotatable bonds is 7. The zero-order chi connectivity index (χ0) is 20.7. The number of nitrogens with zero attached hydrogens (tertiary/aromatic N) is 1. The predicted molar refractivity (Wildman–Crippen MR) is 108 cm³/mol. The average molecular weight is 427 g/mol. The third kappa shape index (κ3) is 3.50. The second-order valence-electron chi connectivity index (χ2n) is 7.33. The quantitative estimate of drug-likeness (QED) is 0.503. The van der Waals surface area contributed by atoms with Crippen LogP contribution in [0.5, 0.6) is 0 Å². The molecule has 0 aromatic heterocycles. The van der Waals surface area contributed by atoms with E-state index in [4.69, 9.17) is 14.8 Å². The molecule has 0 aliphatic carbocycles. The van der Waals surface area contributed by atoms with E-state index in [1.54, 1.807) is 0 Å². The summed E-state index contributed by atoms with van der Waals surface area (Å²) >= 11 is 1.49. The third-order valence-electron chi connectivity index (χ3n) is 5.20. The van der Waals surface area contributed by atoms with E-state index in [2.05, 4.69) is 5.32 Å². The maximum atomic E-state index is 13.0. The van der Waals surface area contributed by atoms with Gasteiger partial charge in [-0.2, -0.15) is 0 Å². The minimum atomic E-state index is -3.50. The number of benzene rings is 1. The summed E-state index contributed by atoms with van der Waals surface area (Å²) in [6.45, 7) is 4.14. The summed E-state index contributed by atoms with van der Waals surface area (Å²) < 4.78 is 22.8. The van der Waals surface area contributed by atoms with Crippen molar-refractivity contribution in [1.82, 2.24) is 10.2 Å². The number of nitrogens with one attached hydrogen (secondary N) is 1. The summed E-state index contributed by atoms with van der Waals surface area (Å²) in [7, 11) is -0.866. The van der Waals surface area contributed by atoms with Crippen molar-refractivity contribution in [3.63, 3.8) is 0 Å². The first kappa shape index (κ1) is 21.3. The first-order valence-electron chi connectivity index (χ1n) is 8.96. The van der Waals surface area contributed by atoms with E-state index in [1.807, 2.05) is 38.1 Å². The molecule has 8 nitrogen and oxygen atoms in total. The van der Waals surface area contributed by atoms with Gasteiger partial charge in [0.15, 0.2) is 0 Å². The largest absolute Gasteiger partial charge is 0.353 e. The summed E-state index contributed by atoms with van der Waals surface area (Å²) in [6, 6.07) is 6.80. The van der Waals surface area contributed by atoms with Gasteiger partial charge in [0.25, 0.3) is 0 Å². The van der Waals surface area contributed by atoms with E-state index in [9.17, 15) is 14.2 Å². The smallest absolute Gasteiger partial charge is 0.341 e. The van der Waals surface area contributed by atoms with E-state index in [0.717, 1.165) is 11.1 Å². The molecule has 0 radical (unpaired) electrons.